The lowest BCUT2D eigenvalue weighted by atomic mass is 9.96. The first-order valence-electron chi connectivity index (χ1n) is 6.17. The van der Waals surface area contributed by atoms with Gasteiger partial charge in [0.05, 0.1) is 18.8 Å². The minimum Gasteiger partial charge on any atom is -0.493 e. The minimum atomic E-state index is 0.0109. The van der Waals surface area contributed by atoms with E-state index >= 15 is 0 Å². The molecule has 94 valence electrons. The van der Waals surface area contributed by atoms with Gasteiger partial charge in [-0.1, -0.05) is 18.2 Å². The number of hydrogen-bond donors (Lipinski definition) is 2. The molecule has 2 heterocycles. The third-order valence-electron chi connectivity index (χ3n) is 3.29. The molecule has 0 bridgehead atoms. The number of ether oxygens (including phenoxy) is 1. The van der Waals surface area contributed by atoms with Crippen molar-refractivity contribution in [2.75, 3.05) is 13.7 Å². The summed E-state index contributed by atoms with van der Waals surface area (Å²) in [5, 5.41) is 14.0. The Bertz CT molecular complexity index is 524. The van der Waals surface area contributed by atoms with Gasteiger partial charge < -0.3 is 10.1 Å². The highest BCUT2D eigenvalue weighted by Crippen LogP contribution is 2.34. The molecule has 3 rings (SSSR count). The van der Waals surface area contributed by atoms with Crippen molar-refractivity contribution in [3.05, 3.63) is 41.2 Å². The zero-order valence-electron chi connectivity index (χ0n) is 10.3. The van der Waals surface area contributed by atoms with Crippen molar-refractivity contribution in [3.63, 3.8) is 0 Å². The van der Waals surface area contributed by atoms with Gasteiger partial charge in [-0.3, -0.25) is 0 Å². The van der Waals surface area contributed by atoms with Crippen LogP contribution in [0.3, 0.4) is 0 Å². The maximum Gasteiger partial charge on any atom is 0.127 e. The van der Waals surface area contributed by atoms with Gasteiger partial charge in [-0.2, -0.15) is 15.4 Å². The van der Waals surface area contributed by atoms with Gasteiger partial charge >= 0.3 is 0 Å². The van der Waals surface area contributed by atoms with Crippen molar-refractivity contribution in [2.45, 2.75) is 18.9 Å². The average molecular weight is 244 g/mol. The molecule has 0 saturated carbocycles. The highest BCUT2D eigenvalue weighted by Gasteiger charge is 2.22. The molecule has 0 spiro atoms. The molecule has 0 saturated heterocycles. The smallest absolute Gasteiger partial charge is 0.127 e. The number of aromatic nitrogens is 3. The third-order valence-corrected chi connectivity index (χ3v) is 3.29. The largest absolute Gasteiger partial charge is 0.493 e. The number of para-hydroxylation sites is 1. The SMILES string of the molecule is CNC(c1cn[nH]n1)c1cccc2c1OCCC2. The van der Waals surface area contributed by atoms with Crippen LogP contribution < -0.4 is 10.1 Å². The van der Waals surface area contributed by atoms with Crippen molar-refractivity contribution in [1.29, 1.82) is 0 Å². The Hall–Kier alpha value is -1.88. The summed E-state index contributed by atoms with van der Waals surface area (Å²) in [5.74, 6) is 1.01. The molecular formula is C13H16N4O. The number of H-pyrrole nitrogens is 1. The summed E-state index contributed by atoms with van der Waals surface area (Å²) >= 11 is 0. The van der Waals surface area contributed by atoms with Gasteiger partial charge in [-0.25, -0.2) is 0 Å². The first-order valence-corrected chi connectivity index (χ1v) is 6.17. The van der Waals surface area contributed by atoms with Crippen molar-refractivity contribution in [1.82, 2.24) is 20.7 Å². The van der Waals surface area contributed by atoms with Crippen LogP contribution in [-0.4, -0.2) is 29.1 Å². The Morgan fingerprint density at radius 1 is 1.44 bits per heavy atom. The third kappa shape index (κ3) is 1.86. The van der Waals surface area contributed by atoms with Crippen LogP contribution in [0.15, 0.2) is 24.4 Å². The van der Waals surface area contributed by atoms with Crippen LogP contribution in [0, 0.1) is 0 Å². The molecule has 5 heteroatoms. The van der Waals surface area contributed by atoms with Gasteiger partial charge in [0.2, 0.25) is 0 Å². The molecule has 1 aromatic carbocycles. The summed E-state index contributed by atoms with van der Waals surface area (Å²) in [5.41, 5.74) is 3.28. The Morgan fingerprint density at radius 2 is 2.39 bits per heavy atom. The summed E-state index contributed by atoms with van der Waals surface area (Å²) < 4.78 is 5.84. The lowest BCUT2D eigenvalue weighted by Gasteiger charge is -2.24. The summed E-state index contributed by atoms with van der Waals surface area (Å²) in [4.78, 5) is 0. The molecule has 0 amide bonds. The van der Waals surface area contributed by atoms with E-state index in [1.165, 1.54) is 5.56 Å². The maximum absolute atomic E-state index is 5.84. The van der Waals surface area contributed by atoms with E-state index in [-0.39, 0.29) is 6.04 Å². The Labute approximate surface area is 106 Å². The van der Waals surface area contributed by atoms with E-state index in [9.17, 15) is 0 Å². The summed E-state index contributed by atoms with van der Waals surface area (Å²) in [6.07, 6.45) is 3.91. The number of benzene rings is 1. The molecule has 0 fully saturated rings. The molecule has 1 aromatic heterocycles. The predicted molar refractivity (Wildman–Crippen MR) is 67.5 cm³/mol. The molecule has 2 aromatic rings. The standard InChI is InChI=1S/C13H16N4O/c1-14-12(11-8-15-17-16-11)10-6-2-4-9-5-3-7-18-13(9)10/h2,4,6,8,12,14H,3,5,7H2,1H3,(H,15,16,17). The van der Waals surface area contributed by atoms with E-state index in [1.54, 1.807) is 6.20 Å². The van der Waals surface area contributed by atoms with Gasteiger partial charge in [-0.05, 0) is 25.5 Å². The monoisotopic (exact) mass is 244 g/mol. The molecular weight excluding hydrogens is 228 g/mol. The van der Waals surface area contributed by atoms with E-state index in [2.05, 4.69) is 38.9 Å². The number of nitrogens with one attached hydrogen (secondary N) is 2. The van der Waals surface area contributed by atoms with Crippen LogP contribution in [0.4, 0.5) is 0 Å². The Morgan fingerprint density at radius 3 is 3.17 bits per heavy atom. The fourth-order valence-corrected chi connectivity index (χ4v) is 2.45. The molecule has 0 radical (unpaired) electrons. The number of nitrogens with zero attached hydrogens (tertiary/aromatic N) is 2. The zero-order chi connectivity index (χ0) is 12.4. The number of aryl methyl sites for hydroxylation is 1. The van der Waals surface area contributed by atoms with Crippen molar-refractivity contribution >= 4 is 0 Å². The van der Waals surface area contributed by atoms with E-state index < -0.39 is 0 Å². The molecule has 0 aliphatic carbocycles. The van der Waals surface area contributed by atoms with Crippen molar-refractivity contribution in [3.8, 4) is 5.75 Å². The van der Waals surface area contributed by atoms with Crippen LogP contribution in [0.2, 0.25) is 0 Å². The molecule has 2 N–H and O–H groups in total. The van der Waals surface area contributed by atoms with Crippen LogP contribution >= 0.6 is 0 Å². The second-order valence-corrected chi connectivity index (χ2v) is 4.40. The van der Waals surface area contributed by atoms with Gasteiger partial charge in [-0.15, -0.1) is 0 Å². The molecule has 1 aliphatic rings. The molecule has 18 heavy (non-hydrogen) atoms. The van der Waals surface area contributed by atoms with Gasteiger partial charge in [0.15, 0.2) is 0 Å². The molecule has 1 unspecified atom stereocenters. The highest BCUT2D eigenvalue weighted by atomic mass is 16.5. The maximum atomic E-state index is 5.84. The van der Waals surface area contributed by atoms with E-state index in [0.29, 0.717) is 0 Å². The highest BCUT2D eigenvalue weighted by molar-refractivity contribution is 5.46. The quantitative estimate of drug-likeness (QED) is 0.857. The molecule has 5 nitrogen and oxygen atoms in total. The minimum absolute atomic E-state index is 0.0109. The summed E-state index contributed by atoms with van der Waals surface area (Å²) in [6, 6.07) is 6.30. The van der Waals surface area contributed by atoms with E-state index in [1.807, 2.05) is 7.05 Å². The average Bonchev–Trinajstić information content (AvgIpc) is 2.94. The van der Waals surface area contributed by atoms with Crippen LogP contribution in [0.25, 0.3) is 0 Å². The van der Waals surface area contributed by atoms with Crippen LogP contribution in [0.5, 0.6) is 5.75 Å². The van der Waals surface area contributed by atoms with Gasteiger partial charge in [0.1, 0.15) is 11.4 Å². The van der Waals surface area contributed by atoms with Crippen molar-refractivity contribution < 1.29 is 4.74 Å². The lowest BCUT2D eigenvalue weighted by Crippen LogP contribution is -2.21. The van der Waals surface area contributed by atoms with E-state index in [4.69, 9.17) is 4.74 Å². The fraction of sp³-hybridized carbons (Fsp3) is 0.385. The zero-order valence-corrected chi connectivity index (χ0v) is 10.3. The topological polar surface area (TPSA) is 62.8 Å². The first-order chi connectivity index (χ1) is 8.90. The van der Waals surface area contributed by atoms with Crippen LogP contribution in [-0.2, 0) is 6.42 Å². The molecule has 1 aliphatic heterocycles. The normalized spacial score (nSPS) is 15.8. The van der Waals surface area contributed by atoms with Crippen LogP contribution in [0.1, 0.15) is 29.3 Å². The summed E-state index contributed by atoms with van der Waals surface area (Å²) in [7, 11) is 1.92. The number of hydrogen-bond acceptors (Lipinski definition) is 4. The lowest BCUT2D eigenvalue weighted by molar-refractivity contribution is 0.283. The number of fused-ring (bicyclic) bond motifs is 1. The van der Waals surface area contributed by atoms with Gasteiger partial charge in [0.25, 0.3) is 0 Å². The first kappa shape index (κ1) is 11.2. The Balaban J connectivity index is 2.05. The van der Waals surface area contributed by atoms with Crippen molar-refractivity contribution in [2.24, 2.45) is 0 Å². The Kier molecular flexibility index (Phi) is 2.98. The van der Waals surface area contributed by atoms with Gasteiger partial charge in [0, 0.05) is 5.56 Å². The van der Waals surface area contributed by atoms with E-state index in [0.717, 1.165) is 36.5 Å². The summed E-state index contributed by atoms with van der Waals surface area (Å²) in [6.45, 7) is 0.791. The second-order valence-electron chi connectivity index (χ2n) is 4.40. The second kappa shape index (κ2) is 4.78. The molecule has 1 atom stereocenters. The fourth-order valence-electron chi connectivity index (χ4n) is 2.45. The number of rotatable bonds is 3. The predicted octanol–water partition coefficient (Wildman–Crippen LogP) is 1.44. The number of aromatic amines is 1.